The molecule has 2 unspecified atom stereocenters. The number of non-ortho nitro benzene ring substituents is 1. The van der Waals surface area contributed by atoms with E-state index in [1.54, 1.807) is 0 Å². The van der Waals surface area contributed by atoms with Gasteiger partial charge >= 0.3 is 12.1 Å². The number of nitro groups is 1. The lowest BCUT2D eigenvalue weighted by molar-refractivity contribution is -0.384. The Bertz CT molecular complexity index is 1270. The maximum atomic E-state index is 13.3. The summed E-state index contributed by atoms with van der Waals surface area (Å²) in [6, 6.07) is 22.7. The summed E-state index contributed by atoms with van der Waals surface area (Å²) in [6.45, 7) is 1.81. The van der Waals surface area contributed by atoms with Crippen molar-refractivity contribution in [3.8, 4) is 0 Å². The van der Waals surface area contributed by atoms with Gasteiger partial charge in [0, 0.05) is 23.6 Å². The molecule has 0 fully saturated rings. The van der Waals surface area contributed by atoms with Crippen molar-refractivity contribution in [2.24, 2.45) is 0 Å². The fourth-order valence-corrected chi connectivity index (χ4v) is 4.75. The van der Waals surface area contributed by atoms with Crippen LogP contribution in [0.5, 0.6) is 0 Å². The summed E-state index contributed by atoms with van der Waals surface area (Å²) < 4.78 is 10.7. The molecule has 0 aromatic heterocycles. The summed E-state index contributed by atoms with van der Waals surface area (Å²) in [7, 11) is 0. The highest BCUT2D eigenvalue weighted by molar-refractivity contribution is 7.98. The quantitative estimate of drug-likeness (QED) is 0.143. The van der Waals surface area contributed by atoms with E-state index in [0.717, 1.165) is 11.1 Å². The van der Waals surface area contributed by atoms with Gasteiger partial charge in [-0.2, -0.15) is 11.8 Å². The van der Waals surface area contributed by atoms with Crippen molar-refractivity contribution in [1.29, 1.82) is 0 Å². The number of carbonyl (C=O) groups excluding carboxylic acids is 3. The first-order chi connectivity index (χ1) is 19.9. The van der Waals surface area contributed by atoms with Gasteiger partial charge in [0.05, 0.1) is 4.92 Å². The number of hydrogen-bond acceptors (Lipinski definition) is 8. The molecule has 0 saturated heterocycles. The van der Waals surface area contributed by atoms with Crippen LogP contribution in [-0.4, -0.2) is 40.7 Å². The molecule has 0 spiro atoms. The molecule has 3 rings (SSSR count). The average molecular weight is 580 g/mol. The first-order valence-corrected chi connectivity index (χ1v) is 14.3. The van der Waals surface area contributed by atoms with E-state index in [0.29, 0.717) is 24.2 Å². The minimum atomic E-state index is -0.964. The van der Waals surface area contributed by atoms with Crippen LogP contribution in [0, 0.1) is 10.1 Å². The second kappa shape index (κ2) is 16.7. The third kappa shape index (κ3) is 11.0. The van der Waals surface area contributed by atoms with Crippen LogP contribution in [0.1, 0.15) is 36.5 Å². The molecule has 0 aliphatic heterocycles. The Hall–Kier alpha value is -4.38. The number of hydrogen-bond donors (Lipinski definition) is 2. The van der Waals surface area contributed by atoms with E-state index in [1.807, 2.05) is 67.6 Å². The molecule has 216 valence electrons. The lowest BCUT2D eigenvalue weighted by Crippen LogP contribution is -2.53. The normalized spacial score (nSPS) is 12.0. The topological polar surface area (TPSA) is 137 Å². The molecule has 0 bridgehead atoms. The summed E-state index contributed by atoms with van der Waals surface area (Å²) >= 11 is 1.46. The maximum absolute atomic E-state index is 13.3. The second-order valence-electron chi connectivity index (χ2n) is 9.14. The van der Waals surface area contributed by atoms with Gasteiger partial charge < -0.3 is 20.1 Å². The first kappa shape index (κ1) is 31.2. The Morgan fingerprint density at radius 3 is 2.00 bits per heavy atom. The van der Waals surface area contributed by atoms with E-state index in [-0.39, 0.29) is 24.7 Å². The van der Waals surface area contributed by atoms with Crippen molar-refractivity contribution in [2.45, 2.75) is 50.8 Å². The van der Waals surface area contributed by atoms with Gasteiger partial charge in [-0.05, 0) is 35.2 Å². The largest absolute Gasteiger partial charge is 0.459 e. The van der Waals surface area contributed by atoms with Gasteiger partial charge in [0.2, 0.25) is 5.91 Å². The van der Waals surface area contributed by atoms with Crippen LogP contribution in [0.15, 0.2) is 84.9 Å². The summed E-state index contributed by atoms with van der Waals surface area (Å²) in [5, 5.41) is 16.2. The number of esters is 1. The fraction of sp³-hybridized carbons (Fsp3) is 0.300. The lowest BCUT2D eigenvalue weighted by atomic mass is 10.1. The number of amides is 2. The molecule has 0 heterocycles. The summed E-state index contributed by atoms with van der Waals surface area (Å²) in [6.07, 6.45) is 0.173. The Morgan fingerprint density at radius 2 is 1.39 bits per heavy atom. The van der Waals surface area contributed by atoms with Gasteiger partial charge in [0.25, 0.3) is 5.69 Å². The highest BCUT2D eigenvalue weighted by atomic mass is 32.2. The molecule has 2 atom stereocenters. The molecule has 11 heteroatoms. The third-order valence-electron chi connectivity index (χ3n) is 5.92. The van der Waals surface area contributed by atoms with Crippen LogP contribution in [0.25, 0.3) is 0 Å². The average Bonchev–Trinajstić information content (AvgIpc) is 2.99. The van der Waals surface area contributed by atoms with Crippen LogP contribution in [-0.2, 0) is 38.0 Å². The van der Waals surface area contributed by atoms with Crippen LogP contribution >= 0.6 is 11.8 Å². The van der Waals surface area contributed by atoms with E-state index in [2.05, 4.69) is 10.6 Å². The van der Waals surface area contributed by atoms with Crippen LogP contribution in [0.4, 0.5) is 10.5 Å². The molecule has 2 amide bonds. The predicted octanol–water partition coefficient (Wildman–Crippen LogP) is 5.15. The highest BCUT2D eigenvalue weighted by Crippen LogP contribution is 2.15. The van der Waals surface area contributed by atoms with Crippen molar-refractivity contribution < 1.29 is 28.8 Å². The summed E-state index contributed by atoms with van der Waals surface area (Å²) in [5.41, 5.74) is 2.38. The number of nitrogens with one attached hydrogen (secondary N) is 2. The minimum absolute atomic E-state index is 0.0472. The van der Waals surface area contributed by atoms with E-state index in [4.69, 9.17) is 9.47 Å². The van der Waals surface area contributed by atoms with E-state index in [1.165, 1.54) is 36.0 Å². The number of thioether (sulfide) groups is 1. The predicted molar refractivity (Wildman–Crippen MR) is 156 cm³/mol. The maximum Gasteiger partial charge on any atom is 0.408 e. The zero-order valence-electron chi connectivity index (χ0n) is 22.7. The number of carbonyl (C=O) groups is 3. The number of benzene rings is 3. The monoisotopic (exact) mass is 579 g/mol. The zero-order valence-corrected chi connectivity index (χ0v) is 23.5. The van der Waals surface area contributed by atoms with Crippen molar-refractivity contribution in [2.75, 3.05) is 5.75 Å². The smallest absolute Gasteiger partial charge is 0.408 e. The molecule has 3 aromatic carbocycles. The number of nitrogens with zero attached hydrogens (tertiary/aromatic N) is 1. The van der Waals surface area contributed by atoms with Crippen molar-refractivity contribution in [3.05, 3.63) is 112 Å². The number of alkyl carbamates (subject to hydrolysis) is 1. The van der Waals surface area contributed by atoms with Gasteiger partial charge in [-0.3, -0.25) is 14.9 Å². The van der Waals surface area contributed by atoms with Gasteiger partial charge in [-0.1, -0.05) is 74.0 Å². The SMILES string of the molecule is CCCC(NC(=O)C(CSCc1ccccc1)NC(=O)OCc1ccccc1)C(=O)OCc1ccc([N+](=O)[O-])cc1. The number of rotatable bonds is 15. The van der Waals surface area contributed by atoms with Crippen molar-refractivity contribution >= 4 is 35.4 Å². The highest BCUT2D eigenvalue weighted by Gasteiger charge is 2.28. The third-order valence-corrected chi connectivity index (χ3v) is 7.03. The summed E-state index contributed by atoms with van der Waals surface area (Å²) in [5.74, 6) is -0.298. The molecule has 3 aromatic rings. The molecule has 0 saturated carbocycles. The molecule has 10 nitrogen and oxygen atoms in total. The Kier molecular flexibility index (Phi) is 12.7. The molecule has 0 aliphatic rings. The molecule has 2 N–H and O–H groups in total. The lowest BCUT2D eigenvalue weighted by Gasteiger charge is -2.22. The van der Waals surface area contributed by atoms with Crippen molar-refractivity contribution in [3.63, 3.8) is 0 Å². The standard InChI is InChI=1S/C30H33N3O7S/c1-2-9-26(29(35)39-18-23-14-16-25(17-15-23)33(37)38)31-28(34)27(21-41-20-24-12-7-4-8-13-24)32-30(36)40-19-22-10-5-3-6-11-22/h3-8,10-17,26-27H,2,9,18-21H2,1H3,(H,31,34)(H,32,36). The Morgan fingerprint density at radius 1 is 0.805 bits per heavy atom. The van der Waals surface area contributed by atoms with E-state index in [9.17, 15) is 24.5 Å². The number of ether oxygens (including phenoxy) is 2. The summed E-state index contributed by atoms with van der Waals surface area (Å²) in [4.78, 5) is 49.1. The first-order valence-electron chi connectivity index (χ1n) is 13.1. The van der Waals surface area contributed by atoms with Gasteiger partial charge in [-0.25, -0.2) is 9.59 Å². The molecule has 0 aliphatic carbocycles. The second-order valence-corrected chi connectivity index (χ2v) is 10.2. The van der Waals surface area contributed by atoms with Crippen LogP contribution in [0.3, 0.4) is 0 Å². The minimum Gasteiger partial charge on any atom is -0.459 e. The van der Waals surface area contributed by atoms with Gasteiger partial charge in [0.1, 0.15) is 25.3 Å². The van der Waals surface area contributed by atoms with E-state index < -0.39 is 35.0 Å². The Labute approximate surface area is 243 Å². The fourth-order valence-electron chi connectivity index (χ4n) is 3.74. The van der Waals surface area contributed by atoms with Gasteiger partial charge in [-0.15, -0.1) is 0 Å². The Balaban J connectivity index is 1.61. The van der Waals surface area contributed by atoms with Gasteiger partial charge in [0.15, 0.2) is 0 Å². The van der Waals surface area contributed by atoms with Crippen LogP contribution in [0.2, 0.25) is 0 Å². The van der Waals surface area contributed by atoms with Crippen LogP contribution < -0.4 is 10.6 Å². The van der Waals surface area contributed by atoms with Crippen molar-refractivity contribution in [1.82, 2.24) is 10.6 Å². The number of nitro benzene ring substituents is 1. The van der Waals surface area contributed by atoms with E-state index >= 15 is 0 Å². The molecule has 0 radical (unpaired) electrons. The zero-order chi connectivity index (χ0) is 29.5. The molecular formula is C30H33N3O7S. The molecular weight excluding hydrogens is 546 g/mol. The molecule has 41 heavy (non-hydrogen) atoms.